The van der Waals surface area contributed by atoms with Gasteiger partial charge < -0.3 is 10.4 Å². The third kappa shape index (κ3) is 3.43. The topological polar surface area (TPSA) is 107 Å². The standard InChI is InChI=1S/C10H19N3O5S/c1-7(2)12(3)19(17,18)13-5-4-11-10(16)8(13)6-9(14)15/h7-8H,4-6H2,1-3H3,(H,11,16)(H,14,15). The molecular formula is C10H19N3O5S. The Labute approximate surface area is 112 Å². The second-order valence-corrected chi connectivity index (χ2v) is 6.57. The number of nitrogens with zero attached hydrogens (tertiary/aromatic N) is 2. The van der Waals surface area contributed by atoms with Crippen molar-refractivity contribution in [1.29, 1.82) is 0 Å². The van der Waals surface area contributed by atoms with Crippen molar-refractivity contribution in [3.8, 4) is 0 Å². The van der Waals surface area contributed by atoms with Crippen molar-refractivity contribution in [2.45, 2.75) is 32.4 Å². The lowest BCUT2D eigenvalue weighted by Gasteiger charge is -2.36. The second-order valence-electron chi connectivity index (χ2n) is 4.63. The van der Waals surface area contributed by atoms with E-state index in [9.17, 15) is 18.0 Å². The Bertz CT molecular complexity index is 462. The quantitative estimate of drug-likeness (QED) is 0.665. The summed E-state index contributed by atoms with van der Waals surface area (Å²) in [6.07, 6.45) is -0.545. The Hall–Kier alpha value is -1.19. The molecule has 1 amide bonds. The molecule has 1 aliphatic heterocycles. The Morgan fingerprint density at radius 3 is 2.63 bits per heavy atom. The lowest BCUT2D eigenvalue weighted by molar-refractivity contribution is -0.141. The Balaban J connectivity index is 3.06. The van der Waals surface area contributed by atoms with Gasteiger partial charge in [-0.1, -0.05) is 0 Å². The summed E-state index contributed by atoms with van der Waals surface area (Å²) in [7, 11) is -2.44. The minimum absolute atomic E-state index is 0.0725. The Kier molecular flexibility index (Phi) is 4.88. The van der Waals surface area contributed by atoms with Crippen molar-refractivity contribution >= 4 is 22.1 Å². The van der Waals surface area contributed by atoms with Gasteiger partial charge in [-0.05, 0) is 13.8 Å². The number of aliphatic carboxylic acids is 1. The highest BCUT2D eigenvalue weighted by molar-refractivity contribution is 7.86. The number of rotatable bonds is 5. The largest absolute Gasteiger partial charge is 0.481 e. The van der Waals surface area contributed by atoms with Crippen LogP contribution in [0.15, 0.2) is 0 Å². The minimum Gasteiger partial charge on any atom is -0.481 e. The fourth-order valence-corrected chi connectivity index (χ4v) is 3.44. The van der Waals surface area contributed by atoms with Crippen LogP contribution < -0.4 is 5.32 Å². The van der Waals surface area contributed by atoms with Crippen molar-refractivity contribution in [3.63, 3.8) is 0 Å². The van der Waals surface area contributed by atoms with Crippen LogP contribution >= 0.6 is 0 Å². The summed E-state index contributed by atoms with van der Waals surface area (Å²) in [5, 5.41) is 11.3. The SMILES string of the molecule is CC(C)N(C)S(=O)(=O)N1CCNC(=O)C1CC(=O)O. The zero-order chi connectivity index (χ0) is 14.8. The number of carboxylic acid groups (broad SMARTS) is 1. The van der Waals surface area contributed by atoms with Crippen LogP contribution in [-0.2, 0) is 19.8 Å². The number of carbonyl (C=O) groups is 2. The van der Waals surface area contributed by atoms with Crippen LogP contribution in [0.2, 0.25) is 0 Å². The summed E-state index contributed by atoms with van der Waals surface area (Å²) in [6.45, 7) is 3.66. The average molecular weight is 293 g/mol. The molecule has 0 spiro atoms. The molecule has 0 saturated carbocycles. The van der Waals surface area contributed by atoms with Crippen molar-refractivity contribution < 1.29 is 23.1 Å². The molecule has 1 rings (SSSR count). The van der Waals surface area contributed by atoms with Crippen LogP contribution in [0.5, 0.6) is 0 Å². The van der Waals surface area contributed by atoms with Gasteiger partial charge in [0.2, 0.25) is 5.91 Å². The van der Waals surface area contributed by atoms with Crippen LogP contribution in [0.3, 0.4) is 0 Å². The molecule has 1 unspecified atom stereocenters. The van der Waals surface area contributed by atoms with Crippen molar-refractivity contribution in [1.82, 2.24) is 13.9 Å². The number of hydrogen-bond donors (Lipinski definition) is 2. The van der Waals surface area contributed by atoms with E-state index in [1.807, 2.05) is 0 Å². The smallest absolute Gasteiger partial charge is 0.305 e. The zero-order valence-corrected chi connectivity index (χ0v) is 12.0. The molecule has 1 aliphatic rings. The summed E-state index contributed by atoms with van der Waals surface area (Å²) < 4.78 is 26.8. The highest BCUT2D eigenvalue weighted by Gasteiger charge is 2.41. The van der Waals surface area contributed by atoms with Gasteiger partial charge in [-0.3, -0.25) is 9.59 Å². The molecule has 110 valence electrons. The molecule has 2 N–H and O–H groups in total. The molecule has 0 aromatic heterocycles. The van der Waals surface area contributed by atoms with E-state index in [0.29, 0.717) is 0 Å². The van der Waals surface area contributed by atoms with Crippen molar-refractivity contribution in [2.75, 3.05) is 20.1 Å². The maximum absolute atomic E-state index is 12.3. The lowest BCUT2D eigenvalue weighted by atomic mass is 10.1. The highest BCUT2D eigenvalue weighted by Crippen LogP contribution is 2.18. The molecule has 8 nitrogen and oxygen atoms in total. The van der Waals surface area contributed by atoms with Gasteiger partial charge in [0.1, 0.15) is 6.04 Å². The molecule has 0 aromatic carbocycles. The molecule has 19 heavy (non-hydrogen) atoms. The maximum atomic E-state index is 12.3. The van der Waals surface area contributed by atoms with Gasteiger partial charge in [0.05, 0.1) is 6.42 Å². The van der Waals surface area contributed by atoms with Gasteiger partial charge in [-0.25, -0.2) is 0 Å². The number of piperazine rings is 1. The normalized spacial score (nSPS) is 21.7. The first-order chi connectivity index (χ1) is 8.67. The predicted octanol–water partition coefficient (Wildman–Crippen LogP) is -1.15. The van der Waals surface area contributed by atoms with Crippen LogP contribution in [-0.4, -0.2) is 66.2 Å². The fraction of sp³-hybridized carbons (Fsp3) is 0.800. The van der Waals surface area contributed by atoms with Gasteiger partial charge in [0.15, 0.2) is 0 Å². The molecular weight excluding hydrogens is 274 g/mol. The second kappa shape index (κ2) is 5.85. The molecule has 0 aromatic rings. The summed E-state index contributed by atoms with van der Waals surface area (Å²) in [6, 6.07) is -1.47. The summed E-state index contributed by atoms with van der Waals surface area (Å²) >= 11 is 0. The van der Waals surface area contributed by atoms with E-state index in [-0.39, 0.29) is 19.1 Å². The molecule has 0 aliphatic carbocycles. The van der Waals surface area contributed by atoms with E-state index >= 15 is 0 Å². The van der Waals surface area contributed by atoms with E-state index in [4.69, 9.17) is 5.11 Å². The van der Waals surface area contributed by atoms with Crippen molar-refractivity contribution in [2.24, 2.45) is 0 Å². The first kappa shape index (κ1) is 15.9. The molecule has 1 saturated heterocycles. The first-order valence-corrected chi connectivity index (χ1v) is 7.32. The van der Waals surface area contributed by atoms with E-state index in [2.05, 4.69) is 5.32 Å². The van der Waals surface area contributed by atoms with E-state index in [1.165, 1.54) is 7.05 Å². The van der Waals surface area contributed by atoms with Crippen molar-refractivity contribution in [3.05, 3.63) is 0 Å². The number of carboxylic acids is 1. The van der Waals surface area contributed by atoms with E-state index < -0.39 is 34.5 Å². The number of nitrogens with one attached hydrogen (secondary N) is 1. The average Bonchev–Trinajstić information content (AvgIpc) is 2.29. The van der Waals surface area contributed by atoms with Gasteiger partial charge in [-0.2, -0.15) is 17.0 Å². The number of carbonyl (C=O) groups excluding carboxylic acids is 1. The third-order valence-electron chi connectivity index (χ3n) is 3.04. The maximum Gasteiger partial charge on any atom is 0.305 e. The Morgan fingerprint density at radius 2 is 2.16 bits per heavy atom. The molecule has 0 bridgehead atoms. The van der Waals surface area contributed by atoms with Gasteiger partial charge in [0, 0.05) is 26.2 Å². The van der Waals surface area contributed by atoms with Gasteiger partial charge in [0.25, 0.3) is 10.2 Å². The molecule has 0 radical (unpaired) electrons. The van der Waals surface area contributed by atoms with E-state index in [0.717, 1.165) is 8.61 Å². The fourth-order valence-electron chi connectivity index (χ4n) is 1.76. The van der Waals surface area contributed by atoms with Crippen LogP contribution in [0.4, 0.5) is 0 Å². The highest BCUT2D eigenvalue weighted by atomic mass is 32.2. The molecule has 1 heterocycles. The number of amides is 1. The Morgan fingerprint density at radius 1 is 1.58 bits per heavy atom. The zero-order valence-electron chi connectivity index (χ0n) is 11.2. The third-order valence-corrected chi connectivity index (χ3v) is 5.22. The van der Waals surface area contributed by atoms with Crippen LogP contribution in [0.1, 0.15) is 20.3 Å². The lowest BCUT2D eigenvalue weighted by Crippen LogP contribution is -2.60. The van der Waals surface area contributed by atoms with Crippen LogP contribution in [0.25, 0.3) is 0 Å². The van der Waals surface area contributed by atoms with Gasteiger partial charge in [-0.15, -0.1) is 0 Å². The first-order valence-electron chi connectivity index (χ1n) is 5.92. The van der Waals surface area contributed by atoms with Gasteiger partial charge >= 0.3 is 5.97 Å². The predicted molar refractivity (Wildman–Crippen MR) is 67.6 cm³/mol. The number of hydrogen-bond acceptors (Lipinski definition) is 4. The molecule has 1 fully saturated rings. The summed E-state index contributed by atoms with van der Waals surface area (Å²) in [4.78, 5) is 22.5. The monoisotopic (exact) mass is 293 g/mol. The van der Waals surface area contributed by atoms with Crippen LogP contribution in [0, 0.1) is 0 Å². The summed E-state index contributed by atoms with van der Waals surface area (Å²) in [5.41, 5.74) is 0. The summed E-state index contributed by atoms with van der Waals surface area (Å²) in [5.74, 6) is -1.79. The molecule has 9 heteroatoms. The van der Waals surface area contributed by atoms with E-state index in [1.54, 1.807) is 13.8 Å². The minimum atomic E-state index is -3.85. The molecule has 1 atom stereocenters.